The monoisotopic (exact) mass is 354 g/mol. The van der Waals surface area contributed by atoms with Gasteiger partial charge in [-0.15, -0.1) is 0 Å². The fourth-order valence-electron chi connectivity index (χ4n) is 2.40. The molecule has 2 heterocycles. The Balaban J connectivity index is 1.56. The fraction of sp³-hybridized carbons (Fsp3) is 0.688. The van der Waals surface area contributed by atoms with Gasteiger partial charge in [0.15, 0.2) is 0 Å². The maximum Gasteiger partial charge on any atom is 0.410 e. The number of anilines is 1. The van der Waals surface area contributed by atoms with Gasteiger partial charge in [0, 0.05) is 19.1 Å². The van der Waals surface area contributed by atoms with E-state index in [9.17, 15) is 4.79 Å². The van der Waals surface area contributed by atoms with Crippen LogP contribution in [0.25, 0.3) is 0 Å². The molecule has 1 saturated heterocycles. The van der Waals surface area contributed by atoms with Crippen molar-refractivity contribution in [2.45, 2.75) is 57.8 Å². The maximum atomic E-state index is 12.1. The summed E-state index contributed by atoms with van der Waals surface area (Å²) in [6.45, 7) is 6.78. The Morgan fingerprint density at radius 2 is 2.12 bits per heavy atom. The van der Waals surface area contributed by atoms with Gasteiger partial charge >= 0.3 is 6.09 Å². The van der Waals surface area contributed by atoms with Gasteiger partial charge in [-0.25, -0.2) is 9.78 Å². The lowest BCUT2D eigenvalue weighted by molar-refractivity contribution is 0.0293. The summed E-state index contributed by atoms with van der Waals surface area (Å²) >= 11 is 6.06. The predicted molar refractivity (Wildman–Crippen MR) is 90.5 cm³/mol. The Morgan fingerprint density at radius 1 is 1.38 bits per heavy atom. The van der Waals surface area contributed by atoms with Crippen LogP contribution in [-0.4, -0.2) is 51.8 Å². The summed E-state index contributed by atoms with van der Waals surface area (Å²) < 4.78 is 11.1. The van der Waals surface area contributed by atoms with E-state index < -0.39 is 5.60 Å². The van der Waals surface area contributed by atoms with Crippen molar-refractivity contribution in [3.8, 4) is 5.88 Å². The molecular formula is C16H23ClN4O3. The van der Waals surface area contributed by atoms with Gasteiger partial charge in [0.1, 0.15) is 16.7 Å². The largest absolute Gasteiger partial charge is 0.473 e. The highest BCUT2D eigenvalue weighted by molar-refractivity contribution is 6.31. The van der Waals surface area contributed by atoms with Crippen LogP contribution in [0, 0.1) is 0 Å². The first kappa shape index (κ1) is 17.1. The second kappa shape index (κ2) is 6.63. The molecule has 0 radical (unpaired) electrons. The molecule has 1 atom stereocenters. The van der Waals surface area contributed by atoms with Gasteiger partial charge < -0.3 is 19.7 Å². The van der Waals surface area contributed by atoms with Gasteiger partial charge in [-0.1, -0.05) is 11.6 Å². The lowest BCUT2D eigenvalue weighted by atomic mass is 10.2. The molecule has 0 bridgehead atoms. The molecule has 8 heteroatoms. The van der Waals surface area contributed by atoms with Crippen molar-refractivity contribution < 1.29 is 14.3 Å². The molecule has 0 aromatic carbocycles. The second-order valence-electron chi connectivity index (χ2n) is 7.22. The molecule has 7 nitrogen and oxygen atoms in total. The summed E-state index contributed by atoms with van der Waals surface area (Å²) in [5.41, 5.74) is -0.489. The molecule has 24 heavy (non-hydrogen) atoms. The van der Waals surface area contributed by atoms with E-state index in [-0.39, 0.29) is 18.2 Å². The number of nitrogens with zero attached hydrogens (tertiary/aromatic N) is 3. The Kier molecular flexibility index (Phi) is 4.71. The lowest BCUT2D eigenvalue weighted by Crippen LogP contribution is -2.36. The van der Waals surface area contributed by atoms with Crippen LogP contribution >= 0.6 is 11.6 Å². The molecule has 2 fully saturated rings. The third-order valence-electron chi connectivity index (χ3n) is 3.69. The number of nitrogens with one attached hydrogen (secondary N) is 1. The molecule has 0 unspecified atom stereocenters. The van der Waals surface area contributed by atoms with Gasteiger partial charge in [-0.05, 0) is 40.0 Å². The number of amides is 1. The van der Waals surface area contributed by atoms with E-state index in [0.29, 0.717) is 29.9 Å². The Hall–Kier alpha value is -1.76. The van der Waals surface area contributed by atoms with E-state index in [4.69, 9.17) is 21.1 Å². The number of hydrogen-bond acceptors (Lipinski definition) is 6. The first-order chi connectivity index (χ1) is 11.3. The molecule has 1 aromatic rings. The summed E-state index contributed by atoms with van der Waals surface area (Å²) in [5, 5.41) is 3.65. The second-order valence-corrected chi connectivity index (χ2v) is 7.63. The zero-order valence-corrected chi connectivity index (χ0v) is 15.0. The molecule has 1 aliphatic heterocycles. The van der Waals surface area contributed by atoms with Crippen molar-refractivity contribution in [3.05, 3.63) is 11.2 Å². The van der Waals surface area contributed by atoms with Crippen LogP contribution in [0.1, 0.15) is 40.0 Å². The first-order valence-electron chi connectivity index (χ1n) is 8.24. The summed E-state index contributed by atoms with van der Waals surface area (Å²) in [6, 6.07) is 0.0764. The van der Waals surface area contributed by atoms with Crippen LogP contribution in [0.2, 0.25) is 5.02 Å². The smallest absolute Gasteiger partial charge is 0.410 e. The van der Waals surface area contributed by atoms with Crippen LogP contribution in [0.5, 0.6) is 5.88 Å². The topological polar surface area (TPSA) is 76.6 Å². The van der Waals surface area contributed by atoms with Crippen molar-refractivity contribution in [1.82, 2.24) is 14.9 Å². The summed E-state index contributed by atoms with van der Waals surface area (Å²) in [6.07, 6.45) is 4.35. The highest BCUT2D eigenvalue weighted by Crippen LogP contribution is 2.30. The molecular weight excluding hydrogens is 332 g/mol. The Labute approximate surface area is 146 Å². The number of hydrogen-bond donors (Lipinski definition) is 1. The molecule has 1 saturated carbocycles. The standard InChI is InChI=1S/C16H23ClN4O3/c1-16(2,3)24-15(22)21-7-6-10(9-21)19-14-18-8-12(17)13(20-14)23-11-4-5-11/h8,10-11H,4-7,9H2,1-3H3,(H,18,19,20)/t10-/m1/s1. The minimum Gasteiger partial charge on any atom is -0.473 e. The van der Waals surface area contributed by atoms with E-state index in [1.54, 1.807) is 4.90 Å². The third kappa shape index (κ3) is 4.63. The van der Waals surface area contributed by atoms with Gasteiger partial charge in [0.2, 0.25) is 11.8 Å². The summed E-state index contributed by atoms with van der Waals surface area (Å²) in [4.78, 5) is 22.3. The van der Waals surface area contributed by atoms with Crippen molar-refractivity contribution in [3.63, 3.8) is 0 Å². The van der Waals surface area contributed by atoms with Crippen LogP contribution in [0.4, 0.5) is 10.7 Å². The van der Waals surface area contributed by atoms with E-state index in [0.717, 1.165) is 19.3 Å². The van der Waals surface area contributed by atoms with Crippen LogP contribution in [0.15, 0.2) is 6.20 Å². The van der Waals surface area contributed by atoms with Gasteiger partial charge in [-0.3, -0.25) is 0 Å². The first-order valence-corrected chi connectivity index (χ1v) is 8.61. The molecule has 132 valence electrons. The average molecular weight is 355 g/mol. The highest BCUT2D eigenvalue weighted by Gasteiger charge is 2.30. The zero-order chi connectivity index (χ0) is 17.3. The quantitative estimate of drug-likeness (QED) is 0.895. The SMILES string of the molecule is CC(C)(C)OC(=O)N1CC[C@@H](Nc2ncc(Cl)c(OC3CC3)n2)C1. The van der Waals surface area contributed by atoms with Gasteiger partial charge in [0.05, 0.1) is 6.20 Å². The van der Waals surface area contributed by atoms with Crippen molar-refractivity contribution in [2.75, 3.05) is 18.4 Å². The number of aromatic nitrogens is 2. The van der Waals surface area contributed by atoms with Crippen molar-refractivity contribution >= 4 is 23.6 Å². The lowest BCUT2D eigenvalue weighted by Gasteiger charge is -2.24. The van der Waals surface area contributed by atoms with E-state index >= 15 is 0 Å². The zero-order valence-electron chi connectivity index (χ0n) is 14.2. The van der Waals surface area contributed by atoms with E-state index in [1.807, 2.05) is 20.8 Å². The van der Waals surface area contributed by atoms with Gasteiger partial charge in [-0.2, -0.15) is 4.98 Å². The summed E-state index contributed by atoms with van der Waals surface area (Å²) in [5.74, 6) is 0.879. The number of carbonyl (C=O) groups excluding carboxylic acids is 1. The number of carbonyl (C=O) groups is 1. The molecule has 1 aromatic heterocycles. The van der Waals surface area contributed by atoms with Crippen LogP contribution in [0.3, 0.4) is 0 Å². The molecule has 1 aliphatic carbocycles. The Bertz CT molecular complexity index is 616. The van der Waals surface area contributed by atoms with Gasteiger partial charge in [0.25, 0.3) is 0 Å². The number of likely N-dealkylation sites (tertiary alicyclic amines) is 1. The minimum atomic E-state index is -0.489. The number of ether oxygens (including phenoxy) is 2. The third-order valence-corrected chi connectivity index (χ3v) is 3.95. The average Bonchev–Trinajstić information content (AvgIpc) is 3.16. The fourth-order valence-corrected chi connectivity index (χ4v) is 2.54. The number of rotatable bonds is 4. The molecule has 3 rings (SSSR count). The normalized spacial score (nSPS) is 20.8. The predicted octanol–water partition coefficient (Wildman–Crippen LogP) is 3.09. The number of halogens is 1. The molecule has 1 amide bonds. The van der Waals surface area contributed by atoms with Crippen molar-refractivity contribution in [1.29, 1.82) is 0 Å². The maximum absolute atomic E-state index is 12.1. The minimum absolute atomic E-state index is 0.0764. The van der Waals surface area contributed by atoms with Crippen LogP contribution in [-0.2, 0) is 4.74 Å². The molecule has 0 spiro atoms. The van der Waals surface area contributed by atoms with E-state index in [1.165, 1.54) is 6.20 Å². The van der Waals surface area contributed by atoms with Crippen molar-refractivity contribution in [2.24, 2.45) is 0 Å². The highest BCUT2D eigenvalue weighted by atomic mass is 35.5. The Morgan fingerprint density at radius 3 is 2.79 bits per heavy atom. The van der Waals surface area contributed by atoms with E-state index in [2.05, 4.69) is 15.3 Å². The summed E-state index contributed by atoms with van der Waals surface area (Å²) in [7, 11) is 0. The molecule has 2 aliphatic rings. The van der Waals surface area contributed by atoms with Crippen LogP contribution < -0.4 is 10.1 Å². The molecule has 1 N–H and O–H groups in total.